The van der Waals surface area contributed by atoms with Crippen molar-refractivity contribution in [3.63, 3.8) is 0 Å². The highest BCUT2D eigenvalue weighted by Gasteiger charge is 2.16. The quantitative estimate of drug-likeness (QED) is 0.706. The van der Waals surface area contributed by atoms with Gasteiger partial charge in [-0.15, -0.1) is 11.3 Å². The van der Waals surface area contributed by atoms with Gasteiger partial charge in [0.15, 0.2) is 4.96 Å². The Bertz CT molecular complexity index is 734. The van der Waals surface area contributed by atoms with Crippen LogP contribution in [0, 0.1) is 18.3 Å². The average molecular weight is 254 g/mol. The van der Waals surface area contributed by atoms with Crippen LogP contribution in [0.4, 0.5) is 0 Å². The highest BCUT2D eigenvalue weighted by Crippen LogP contribution is 2.28. The van der Waals surface area contributed by atoms with Gasteiger partial charge in [0, 0.05) is 29.0 Å². The maximum atomic E-state index is 8.99. The van der Waals surface area contributed by atoms with Gasteiger partial charge in [-0.05, 0) is 19.1 Å². The summed E-state index contributed by atoms with van der Waals surface area (Å²) in [7, 11) is 0. The van der Waals surface area contributed by atoms with Crippen molar-refractivity contribution in [3.05, 3.63) is 41.3 Å². The molecule has 0 saturated carbocycles. The van der Waals surface area contributed by atoms with E-state index in [4.69, 9.17) is 5.26 Å². The second-order valence-electron chi connectivity index (χ2n) is 3.98. The number of nitrogens with zero attached hydrogens (tertiary/aromatic N) is 4. The standard InChI is InChI=1S/C13H10N4S/c1-9-8-18-13-16-12(10-3-2-6-15-7-10)11(4-5-14)17(9)13/h2-3,6-8H,4H2,1H3. The molecule has 0 fully saturated rings. The van der Waals surface area contributed by atoms with Crippen molar-refractivity contribution in [2.24, 2.45) is 0 Å². The zero-order valence-electron chi connectivity index (χ0n) is 9.79. The molecule has 0 spiro atoms. The van der Waals surface area contributed by atoms with Crippen LogP contribution in [-0.2, 0) is 6.42 Å². The van der Waals surface area contributed by atoms with Gasteiger partial charge >= 0.3 is 0 Å². The van der Waals surface area contributed by atoms with Gasteiger partial charge in [-0.1, -0.05) is 0 Å². The van der Waals surface area contributed by atoms with Crippen molar-refractivity contribution in [2.75, 3.05) is 0 Å². The van der Waals surface area contributed by atoms with Gasteiger partial charge < -0.3 is 0 Å². The molecular formula is C13H10N4S. The topological polar surface area (TPSA) is 54.0 Å². The number of imidazole rings is 1. The summed E-state index contributed by atoms with van der Waals surface area (Å²) in [5.41, 5.74) is 3.87. The maximum absolute atomic E-state index is 8.99. The Morgan fingerprint density at radius 2 is 2.39 bits per heavy atom. The molecule has 0 bridgehead atoms. The number of hydrogen-bond donors (Lipinski definition) is 0. The monoisotopic (exact) mass is 254 g/mol. The molecule has 0 aliphatic heterocycles. The number of nitriles is 1. The Morgan fingerprint density at radius 3 is 3.11 bits per heavy atom. The number of thiazole rings is 1. The molecule has 3 aromatic heterocycles. The summed E-state index contributed by atoms with van der Waals surface area (Å²) in [6.45, 7) is 2.03. The number of pyridine rings is 1. The van der Waals surface area contributed by atoms with E-state index in [0.29, 0.717) is 6.42 Å². The van der Waals surface area contributed by atoms with E-state index in [1.165, 1.54) is 0 Å². The first-order valence-electron chi connectivity index (χ1n) is 5.54. The van der Waals surface area contributed by atoms with Crippen LogP contribution < -0.4 is 0 Å². The molecule has 18 heavy (non-hydrogen) atoms. The van der Waals surface area contributed by atoms with E-state index < -0.39 is 0 Å². The van der Waals surface area contributed by atoms with Crippen molar-refractivity contribution in [3.8, 4) is 17.3 Å². The lowest BCUT2D eigenvalue weighted by Crippen LogP contribution is -1.94. The first-order chi connectivity index (χ1) is 8.81. The smallest absolute Gasteiger partial charge is 0.194 e. The predicted octanol–water partition coefficient (Wildman–Crippen LogP) is 2.83. The second kappa shape index (κ2) is 4.24. The average Bonchev–Trinajstić information content (AvgIpc) is 2.93. The molecule has 0 aliphatic carbocycles. The first-order valence-corrected chi connectivity index (χ1v) is 6.42. The Labute approximate surface area is 108 Å². The van der Waals surface area contributed by atoms with Gasteiger partial charge in [-0.3, -0.25) is 9.38 Å². The van der Waals surface area contributed by atoms with Crippen LogP contribution in [0.5, 0.6) is 0 Å². The molecular weight excluding hydrogens is 244 g/mol. The largest absolute Gasteiger partial charge is 0.290 e. The van der Waals surface area contributed by atoms with E-state index in [2.05, 4.69) is 25.8 Å². The number of aromatic nitrogens is 3. The minimum atomic E-state index is 0.350. The SMILES string of the molecule is Cc1csc2nc(-c3cccnc3)c(CC#N)n12. The van der Waals surface area contributed by atoms with Gasteiger partial charge in [0.25, 0.3) is 0 Å². The van der Waals surface area contributed by atoms with Crippen LogP contribution in [-0.4, -0.2) is 14.4 Å². The van der Waals surface area contributed by atoms with E-state index >= 15 is 0 Å². The van der Waals surface area contributed by atoms with Gasteiger partial charge in [0.1, 0.15) is 0 Å². The first kappa shape index (κ1) is 10.9. The lowest BCUT2D eigenvalue weighted by atomic mass is 10.1. The van der Waals surface area contributed by atoms with Crippen LogP contribution in [0.25, 0.3) is 16.2 Å². The van der Waals surface area contributed by atoms with Crippen LogP contribution in [0.3, 0.4) is 0 Å². The van der Waals surface area contributed by atoms with Crippen molar-refractivity contribution >= 4 is 16.3 Å². The molecule has 0 unspecified atom stereocenters. The molecule has 5 heteroatoms. The molecule has 3 heterocycles. The van der Waals surface area contributed by atoms with E-state index in [0.717, 1.165) is 27.6 Å². The van der Waals surface area contributed by atoms with Gasteiger partial charge in [-0.25, -0.2) is 4.98 Å². The fourth-order valence-corrected chi connectivity index (χ4v) is 2.92. The fourth-order valence-electron chi connectivity index (χ4n) is 2.04. The molecule has 88 valence electrons. The zero-order valence-corrected chi connectivity index (χ0v) is 10.6. The third kappa shape index (κ3) is 1.59. The summed E-state index contributed by atoms with van der Waals surface area (Å²) in [6, 6.07) is 6.06. The van der Waals surface area contributed by atoms with Gasteiger partial charge in [-0.2, -0.15) is 5.26 Å². The summed E-state index contributed by atoms with van der Waals surface area (Å²) in [6.07, 6.45) is 3.86. The van der Waals surface area contributed by atoms with Crippen molar-refractivity contribution in [1.82, 2.24) is 14.4 Å². The minimum absolute atomic E-state index is 0.350. The van der Waals surface area contributed by atoms with E-state index in [-0.39, 0.29) is 0 Å². The third-order valence-corrected chi connectivity index (χ3v) is 3.75. The number of rotatable bonds is 2. The number of hydrogen-bond acceptors (Lipinski definition) is 4. The lowest BCUT2D eigenvalue weighted by molar-refractivity contribution is 1.03. The Morgan fingerprint density at radius 1 is 1.50 bits per heavy atom. The highest BCUT2D eigenvalue weighted by atomic mass is 32.1. The number of fused-ring (bicyclic) bond motifs is 1. The summed E-state index contributed by atoms with van der Waals surface area (Å²) in [4.78, 5) is 9.65. The molecule has 0 aliphatic rings. The maximum Gasteiger partial charge on any atom is 0.194 e. The third-order valence-electron chi connectivity index (χ3n) is 2.81. The fraction of sp³-hybridized carbons (Fsp3) is 0.154. The molecule has 0 radical (unpaired) electrons. The molecule has 0 amide bonds. The van der Waals surface area contributed by atoms with Crippen LogP contribution in [0.1, 0.15) is 11.4 Å². The lowest BCUT2D eigenvalue weighted by Gasteiger charge is -2.00. The number of aryl methyl sites for hydroxylation is 1. The van der Waals surface area contributed by atoms with Gasteiger partial charge in [0.2, 0.25) is 0 Å². The molecule has 0 atom stereocenters. The Hall–Kier alpha value is -2.19. The van der Waals surface area contributed by atoms with E-state index in [1.54, 1.807) is 23.7 Å². The summed E-state index contributed by atoms with van der Waals surface area (Å²) < 4.78 is 2.05. The van der Waals surface area contributed by atoms with Gasteiger partial charge in [0.05, 0.1) is 23.9 Å². The van der Waals surface area contributed by atoms with E-state index in [1.807, 2.05) is 19.1 Å². The highest BCUT2D eigenvalue weighted by molar-refractivity contribution is 7.15. The Balaban J connectivity index is 2.30. The summed E-state index contributed by atoms with van der Waals surface area (Å²) in [5.74, 6) is 0. The summed E-state index contributed by atoms with van der Waals surface area (Å²) >= 11 is 1.59. The Kier molecular flexibility index (Phi) is 2.58. The van der Waals surface area contributed by atoms with Crippen molar-refractivity contribution in [2.45, 2.75) is 13.3 Å². The zero-order chi connectivity index (χ0) is 12.5. The van der Waals surface area contributed by atoms with Crippen LogP contribution >= 0.6 is 11.3 Å². The van der Waals surface area contributed by atoms with Crippen LogP contribution in [0.15, 0.2) is 29.9 Å². The minimum Gasteiger partial charge on any atom is -0.290 e. The molecule has 3 rings (SSSR count). The second-order valence-corrected chi connectivity index (χ2v) is 4.82. The predicted molar refractivity (Wildman–Crippen MR) is 70.4 cm³/mol. The normalized spacial score (nSPS) is 10.7. The van der Waals surface area contributed by atoms with Crippen molar-refractivity contribution in [1.29, 1.82) is 5.26 Å². The molecule has 4 nitrogen and oxygen atoms in total. The summed E-state index contributed by atoms with van der Waals surface area (Å²) in [5, 5.41) is 11.0. The molecule has 0 N–H and O–H groups in total. The molecule has 3 aromatic rings. The van der Waals surface area contributed by atoms with Crippen molar-refractivity contribution < 1.29 is 0 Å². The molecule has 0 saturated heterocycles. The molecule has 0 aromatic carbocycles. The van der Waals surface area contributed by atoms with Crippen LogP contribution in [0.2, 0.25) is 0 Å². The van der Waals surface area contributed by atoms with E-state index in [9.17, 15) is 0 Å².